The van der Waals surface area contributed by atoms with Gasteiger partial charge in [-0.25, -0.2) is 14.4 Å². The van der Waals surface area contributed by atoms with Crippen LogP contribution in [0.2, 0.25) is 0 Å². The maximum absolute atomic E-state index is 13.2. The highest BCUT2D eigenvalue weighted by molar-refractivity contribution is 6.06. The van der Waals surface area contributed by atoms with Crippen molar-refractivity contribution in [3.8, 4) is 0 Å². The standard InChI is InChI=1S/C25H31NO8/c1-6-31-22(29)25(23(30)32-7-2,16-20(27)34-24(3,4)5)26-15-11-14-19(26)21(28)33-17-18-12-9-8-10-13-18/h8-15H,6-7,16-17H2,1-5H3. The maximum Gasteiger partial charge on any atom is 0.355 e. The highest BCUT2D eigenvalue weighted by Gasteiger charge is 2.54. The van der Waals surface area contributed by atoms with E-state index in [4.69, 9.17) is 18.9 Å². The smallest absolute Gasteiger partial charge is 0.355 e. The molecule has 0 saturated heterocycles. The predicted octanol–water partition coefficient (Wildman–Crippen LogP) is 3.40. The van der Waals surface area contributed by atoms with Gasteiger partial charge in [0.15, 0.2) is 0 Å². The van der Waals surface area contributed by atoms with Crippen molar-refractivity contribution in [1.82, 2.24) is 4.57 Å². The molecule has 0 unspecified atom stereocenters. The minimum absolute atomic E-state index is 0.0251. The topological polar surface area (TPSA) is 110 Å². The number of aromatic nitrogens is 1. The lowest BCUT2D eigenvalue weighted by atomic mass is 9.93. The van der Waals surface area contributed by atoms with Crippen molar-refractivity contribution in [1.29, 1.82) is 0 Å². The third kappa shape index (κ3) is 6.46. The summed E-state index contributed by atoms with van der Waals surface area (Å²) in [4.78, 5) is 52.2. The van der Waals surface area contributed by atoms with Crippen molar-refractivity contribution in [3.63, 3.8) is 0 Å². The minimum atomic E-state index is -2.32. The van der Waals surface area contributed by atoms with Crippen molar-refractivity contribution in [3.05, 3.63) is 59.9 Å². The second-order valence-electron chi connectivity index (χ2n) is 8.39. The Morgan fingerprint density at radius 3 is 1.94 bits per heavy atom. The third-order valence-electron chi connectivity index (χ3n) is 4.63. The fraction of sp³-hybridized carbons (Fsp3) is 0.440. The van der Waals surface area contributed by atoms with Crippen LogP contribution < -0.4 is 0 Å². The van der Waals surface area contributed by atoms with Crippen LogP contribution in [0.25, 0.3) is 0 Å². The fourth-order valence-electron chi connectivity index (χ4n) is 3.27. The molecule has 2 rings (SSSR count). The first-order chi connectivity index (χ1) is 16.0. The molecule has 1 aromatic heterocycles. The highest BCUT2D eigenvalue weighted by Crippen LogP contribution is 2.30. The summed E-state index contributed by atoms with van der Waals surface area (Å²) < 4.78 is 22.2. The summed E-state index contributed by atoms with van der Waals surface area (Å²) in [5.74, 6) is -3.73. The number of nitrogens with zero attached hydrogens (tertiary/aromatic N) is 1. The van der Waals surface area contributed by atoms with Gasteiger partial charge >= 0.3 is 23.9 Å². The molecule has 1 aromatic carbocycles. The molecule has 0 atom stereocenters. The molecule has 0 fully saturated rings. The van der Waals surface area contributed by atoms with Gasteiger partial charge in [0, 0.05) is 6.20 Å². The van der Waals surface area contributed by atoms with Crippen molar-refractivity contribution in [2.24, 2.45) is 0 Å². The van der Waals surface area contributed by atoms with Crippen LogP contribution in [0.3, 0.4) is 0 Å². The van der Waals surface area contributed by atoms with E-state index in [2.05, 4.69) is 0 Å². The van der Waals surface area contributed by atoms with E-state index in [1.807, 2.05) is 6.07 Å². The zero-order chi connectivity index (χ0) is 25.4. The van der Waals surface area contributed by atoms with Crippen LogP contribution in [0, 0.1) is 0 Å². The first-order valence-electron chi connectivity index (χ1n) is 11.0. The van der Waals surface area contributed by atoms with Gasteiger partial charge in [0.2, 0.25) is 0 Å². The van der Waals surface area contributed by atoms with E-state index >= 15 is 0 Å². The molecule has 0 spiro atoms. The van der Waals surface area contributed by atoms with E-state index in [0.717, 1.165) is 10.1 Å². The SMILES string of the molecule is CCOC(=O)C(CC(=O)OC(C)(C)C)(C(=O)OCC)n1cccc1C(=O)OCc1ccccc1. The average Bonchev–Trinajstić information content (AvgIpc) is 3.26. The summed E-state index contributed by atoms with van der Waals surface area (Å²) in [5, 5.41) is 0. The molecule has 9 heteroatoms. The minimum Gasteiger partial charge on any atom is -0.464 e. The predicted molar refractivity (Wildman–Crippen MR) is 122 cm³/mol. The van der Waals surface area contributed by atoms with Gasteiger partial charge < -0.3 is 23.5 Å². The number of hydrogen-bond acceptors (Lipinski definition) is 8. The zero-order valence-electron chi connectivity index (χ0n) is 20.2. The number of rotatable bonds is 10. The zero-order valence-corrected chi connectivity index (χ0v) is 20.2. The molecule has 0 aliphatic heterocycles. The van der Waals surface area contributed by atoms with E-state index in [1.54, 1.807) is 58.9 Å². The van der Waals surface area contributed by atoms with Gasteiger partial charge in [0.1, 0.15) is 17.9 Å². The van der Waals surface area contributed by atoms with Crippen LogP contribution in [-0.4, -0.2) is 47.3 Å². The van der Waals surface area contributed by atoms with Crippen molar-refractivity contribution < 1.29 is 38.1 Å². The van der Waals surface area contributed by atoms with Crippen molar-refractivity contribution in [2.45, 2.75) is 58.8 Å². The van der Waals surface area contributed by atoms with E-state index in [1.165, 1.54) is 18.3 Å². The van der Waals surface area contributed by atoms with Crippen LogP contribution >= 0.6 is 0 Å². The number of hydrogen-bond donors (Lipinski definition) is 0. The Bertz CT molecular complexity index is 985. The molecule has 0 saturated carbocycles. The van der Waals surface area contributed by atoms with Crippen LogP contribution in [-0.2, 0) is 45.5 Å². The Balaban J connectivity index is 2.52. The number of ether oxygens (including phenoxy) is 4. The second-order valence-corrected chi connectivity index (χ2v) is 8.39. The van der Waals surface area contributed by atoms with E-state index in [-0.39, 0.29) is 25.5 Å². The number of carbonyl (C=O) groups is 4. The lowest BCUT2D eigenvalue weighted by Gasteiger charge is -2.32. The first-order valence-corrected chi connectivity index (χ1v) is 11.0. The molecule has 34 heavy (non-hydrogen) atoms. The van der Waals surface area contributed by atoms with Gasteiger partial charge in [-0.05, 0) is 52.3 Å². The lowest BCUT2D eigenvalue weighted by molar-refractivity contribution is -0.178. The molecule has 1 heterocycles. The Labute approximate surface area is 198 Å². The van der Waals surface area contributed by atoms with Crippen LogP contribution in [0.4, 0.5) is 0 Å². The Hall–Kier alpha value is -3.62. The number of benzene rings is 1. The summed E-state index contributed by atoms with van der Waals surface area (Å²) in [7, 11) is 0. The van der Waals surface area contributed by atoms with Gasteiger partial charge in [0.25, 0.3) is 5.54 Å². The van der Waals surface area contributed by atoms with Gasteiger partial charge in [-0.3, -0.25) is 4.79 Å². The summed E-state index contributed by atoms with van der Waals surface area (Å²) in [6.07, 6.45) is 0.590. The van der Waals surface area contributed by atoms with Crippen molar-refractivity contribution >= 4 is 23.9 Å². The molecule has 184 valence electrons. The van der Waals surface area contributed by atoms with Crippen LogP contribution in [0.5, 0.6) is 0 Å². The largest absolute Gasteiger partial charge is 0.464 e. The molecular weight excluding hydrogens is 442 g/mol. The lowest BCUT2D eigenvalue weighted by Crippen LogP contribution is -2.53. The molecular formula is C25H31NO8. The van der Waals surface area contributed by atoms with E-state index in [0.29, 0.717) is 0 Å². The van der Waals surface area contributed by atoms with E-state index < -0.39 is 41.4 Å². The number of esters is 4. The summed E-state index contributed by atoms with van der Waals surface area (Å²) >= 11 is 0. The molecule has 0 aliphatic carbocycles. The van der Waals surface area contributed by atoms with Gasteiger partial charge in [-0.2, -0.15) is 0 Å². The van der Waals surface area contributed by atoms with Crippen molar-refractivity contribution in [2.75, 3.05) is 13.2 Å². The Morgan fingerprint density at radius 1 is 0.824 bits per heavy atom. The third-order valence-corrected chi connectivity index (χ3v) is 4.63. The second kappa shape index (κ2) is 11.5. The van der Waals surface area contributed by atoms with Gasteiger partial charge in [-0.1, -0.05) is 30.3 Å². The highest BCUT2D eigenvalue weighted by atomic mass is 16.6. The fourth-order valence-corrected chi connectivity index (χ4v) is 3.27. The molecule has 0 amide bonds. The Morgan fingerprint density at radius 2 is 1.41 bits per heavy atom. The van der Waals surface area contributed by atoms with Gasteiger partial charge in [0.05, 0.1) is 19.6 Å². The molecule has 2 aromatic rings. The molecule has 0 radical (unpaired) electrons. The summed E-state index contributed by atoms with van der Waals surface area (Å²) in [5.41, 5.74) is -2.57. The van der Waals surface area contributed by atoms with Gasteiger partial charge in [-0.15, -0.1) is 0 Å². The Kier molecular flexibility index (Phi) is 9.00. The molecule has 0 N–H and O–H groups in total. The van der Waals surface area contributed by atoms with E-state index in [9.17, 15) is 19.2 Å². The summed E-state index contributed by atoms with van der Waals surface area (Å²) in [6.45, 7) is 7.93. The monoisotopic (exact) mass is 473 g/mol. The average molecular weight is 474 g/mol. The maximum atomic E-state index is 13.2. The number of carbonyl (C=O) groups excluding carboxylic acids is 4. The summed E-state index contributed by atoms with van der Waals surface area (Å²) in [6, 6.07) is 11.9. The normalized spacial score (nSPS) is 11.4. The quantitative estimate of drug-likeness (QED) is 0.293. The molecule has 0 bridgehead atoms. The van der Waals surface area contributed by atoms with Crippen LogP contribution in [0.1, 0.15) is 57.1 Å². The first kappa shape index (κ1) is 26.6. The molecule has 9 nitrogen and oxygen atoms in total. The molecule has 0 aliphatic rings. The van der Waals surface area contributed by atoms with Crippen LogP contribution in [0.15, 0.2) is 48.7 Å².